The van der Waals surface area contributed by atoms with Gasteiger partial charge >= 0.3 is 18.1 Å². The van der Waals surface area contributed by atoms with Crippen LogP contribution in [0.4, 0.5) is 19.1 Å². The fourth-order valence-corrected chi connectivity index (χ4v) is 4.62. The first-order valence-electron chi connectivity index (χ1n) is 12.2. The van der Waals surface area contributed by atoms with Crippen molar-refractivity contribution < 1.29 is 46.2 Å². The molecule has 0 radical (unpaired) electrons. The van der Waals surface area contributed by atoms with Gasteiger partial charge in [0.25, 0.3) is 11.5 Å². The van der Waals surface area contributed by atoms with Crippen LogP contribution in [0.1, 0.15) is 15.9 Å². The van der Waals surface area contributed by atoms with E-state index in [-0.39, 0.29) is 10.5 Å². The lowest BCUT2D eigenvalue weighted by Gasteiger charge is -2.16. The molecule has 0 saturated carbocycles. The highest BCUT2D eigenvalue weighted by molar-refractivity contribution is 7.89. The molecular formula is C26H23F3N6O8S. The summed E-state index contributed by atoms with van der Waals surface area (Å²) in [6, 6.07) is 13.3. The topological polar surface area (TPSA) is 209 Å². The SMILES string of the molecule is O=C(NCC(NS(=O)(=O)c1ccccc1)C(=O)O)c1cc(=O)n2cc(CNc3ncccn3)ccc2c1.O=C(O)C(F)(F)F. The van der Waals surface area contributed by atoms with Gasteiger partial charge in [-0.05, 0) is 35.9 Å². The molecule has 18 heteroatoms. The summed E-state index contributed by atoms with van der Waals surface area (Å²) in [5.41, 5.74) is 0.745. The molecule has 3 heterocycles. The Labute approximate surface area is 246 Å². The zero-order chi connectivity index (χ0) is 32.5. The van der Waals surface area contributed by atoms with Crippen molar-refractivity contribution in [2.45, 2.75) is 23.7 Å². The van der Waals surface area contributed by atoms with Crippen molar-refractivity contribution in [3.63, 3.8) is 0 Å². The Morgan fingerprint density at radius 3 is 2.18 bits per heavy atom. The van der Waals surface area contributed by atoms with Crippen LogP contribution in [0.3, 0.4) is 0 Å². The average Bonchev–Trinajstić information content (AvgIpc) is 2.98. The number of amides is 1. The molecular weight excluding hydrogens is 613 g/mol. The number of nitrogens with zero attached hydrogens (tertiary/aromatic N) is 3. The van der Waals surface area contributed by atoms with Gasteiger partial charge in [0, 0.05) is 48.8 Å². The van der Waals surface area contributed by atoms with E-state index in [9.17, 15) is 41.1 Å². The third kappa shape index (κ3) is 9.33. The lowest BCUT2D eigenvalue weighted by Crippen LogP contribution is -2.48. The molecule has 4 aromatic rings. The standard InChI is InChI=1S/C24H22N6O6S.C2HF3O2/c31-21-12-17(11-18-8-7-16(15-30(18)21)13-28-24-25-9-4-10-26-24)22(32)27-14-20(23(33)34)29-37(35,36)19-5-2-1-3-6-19;3-2(4,5)1(6)7/h1-12,15,20,29H,13-14H2,(H,27,32)(H,33,34)(H,25,26,28);(H,6,7). The van der Waals surface area contributed by atoms with E-state index in [0.29, 0.717) is 18.0 Å². The summed E-state index contributed by atoms with van der Waals surface area (Å²) in [6.07, 6.45) is -0.262. The van der Waals surface area contributed by atoms with Crippen LogP contribution in [0.2, 0.25) is 0 Å². The van der Waals surface area contributed by atoms with Crippen LogP contribution in [0.25, 0.3) is 5.52 Å². The molecule has 44 heavy (non-hydrogen) atoms. The van der Waals surface area contributed by atoms with Crippen LogP contribution >= 0.6 is 0 Å². The van der Waals surface area contributed by atoms with Gasteiger partial charge in [0.1, 0.15) is 6.04 Å². The minimum atomic E-state index is -5.08. The first-order chi connectivity index (χ1) is 20.7. The number of pyridine rings is 2. The highest BCUT2D eigenvalue weighted by Gasteiger charge is 2.38. The number of halogens is 3. The van der Waals surface area contributed by atoms with E-state index in [1.54, 1.807) is 42.9 Å². The van der Waals surface area contributed by atoms with E-state index in [2.05, 4.69) is 25.3 Å². The molecule has 0 spiro atoms. The summed E-state index contributed by atoms with van der Waals surface area (Å²) in [6.45, 7) is -0.171. The van der Waals surface area contributed by atoms with Crippen molar-refractivity contribution in [3.05, 3.63) is 101 Å². The summed E-state index contributed by atoms with van der Waals surface area (Å²) in [5.74, 6) is -4.52. The Balaban J connectivity index is 0.000000676. The summed E-state index contributed by atoms with van der Waals surface area (Å²) in [5, 5.41) is 22.0. The molecule has 1 aromatic carbocycles. The number of aliphatic carboxylic acids is 2. The highest BCUT2D eigenvalue weighted by Crippen LogP contribution is 2.13. The monoisotopic (exact) mass is 636 g/mol. The lowest BCUT2D eigenvalue weighted by molar-refractivity contribution is -0.192. The first kappa shape index (κ1) is 33.1. The quantitative estimate of drug-likeness (QED) is 0.168. The highest BCUT2D eigenvalue weighted by atomic mass is 32.2. The van der Waals surface area contributed by atoms with Crippen LogP contribution in [0.15, 0.2) is 88.9 Å². The maximum absolute atomic E-state index is 12.7. The second kappa shape index (κ2) is 14.2. The molecule has 14 nitrogen and oxygen atoms in total. The minimum absolute atomic E-state index is 0.00335. The molecule has 0 fully saturated rings. The molecule has 1 amide bonds. The van der Waals surface area contributed by atoms with E-state index in [0.717, 1.165) is 11.6 Å². The van der Waals surface area contributed by atoms with Gasteiger partial charge in [-0.15, -0.1) is 0 Å². The van der Waals surface area contributed by atoms with E-state index < -0.39 is 52.2 Å². The molecule has 0 aliphatic heterocycles. The maximum Gasteiger partial charge on any atom is 0.490 e. The second-order valence-corrected chi connectivity index (χ2v) is 10.4. The van der Waals surface area contributed by atoms with Gasteiger partial charge in [0.05, 0.1) is 4.90 Å². The Morgan fingerprint density at radius 2 is 1.59 bits per heavy atom. The van der Waals surface area contributed by atoms with Crippen molar-refractivity contribution >= 4 is 39.3 Å². The summed E-state index contributed by atoms with van der Waals surface area (Å²) in [7, 11) is -4.13. The first-order valence-corrected chi connectivity index (χ1v) is 13.7. The lowest BCUT2D eigenvalue weighted by atomic mass is 10.2. The van der Waals surface area contributed by atoms with Gasteiger partial charge in [-0.1, -0.05) is 24.3 Å². The number of nitrogens with one attached hydrogen (secondary N) is 3. The molecule has 232 valence electrons. The number of benzene rings is 1. The Morgan fingerprint density at radius 1 is 0.955 bits per heavy atom. The van der Waals surface area contributed by atoms with Crippen molar-refractivity contribution in [1.82, 2.24) is 24.4 Å². The smallest absolute Gasteiger partial charge is 0.480 e. The maximum atomic E-state index is 12.7. The zero-order valence-corrected chi connectivity index (χ0v) is 23.0. The molecule has 0 bridgehead atoms. The Bertz CT molecular complexity index is 1800. The number of carboxylic acid groups (broad SMARTS) is 2. The molecule has 1 atom stereocenters. The van der Waals surface area contributed by atoms with Crippen molar-refractivity contribution in [1.29, 1.82) is 0 Å². The Kier molecular flexibility index (Phi) is 10.7. The number of aromatic nitrogens is 3. The number of carbonyl (C=O) groups excluding carboxylic acids is 1. The molecule has 0 aliphatic carbocycles. The van der Waals surface area contributed by atoms with Gasteiger partial charge in [0.2, 0.25) is 16.0 Å². The number of rotatable bonds is 10. The molecule has 4 rings (SSSR count). The van der Waals surface area contributed by atoms with E-state index in [1.165, 1.54) is 34.7 Å². The van der Waals surface area contributed by atoms with Crippen LogP contribution in [0, 0.1) is 0 Å². The number of alkyl halides is 3. The minimum Gasteiger partial charge on any atom is -0.480 e. The Hall–Kier alpha value is -5.36. The molecule has 5 N–H and O–H groups in total. The third-order valence-corrected chi connectivity index (χ3v) is 6.99. The molecule has 3 aromatic heterocycles. The normalized spacial score (nSPS) is 12.0. The number of anilines is 1. The van der Waals surface area contributed by atoms with Gasteiger partial charge in [-0.2, -0.15) is 17.9 Å². The summed E-state index contributed by atoms with van der Waals surface area (Å²) in [4.78, 5) is 53.9. The number of fused-ring (bicyclic) bond motifs is 1. The van der Waals surface area contributed by atoms with E-state index in [4.69, 9.17) is 9.90 Å². The van der Waals surface area contributed by atoms with E-state index >= 15 is 0 Å². The van der Waals surface area contributed by atoms with Crippen LogP contribution in [-0.2, 0) is 26.2 Å². The average molecular weight is 637 g/mol. The fourth-order valence-electron chi connectivity index (χ4n) is 3.41. The summed E-state index contributed by atoms with van der Waals surface area (Å²) >= 11 is 0. The number of carboxylic acids is 2. The summed E-state index contributed by atoms with van der Waals surface area (Å²) < 4.78 is 60.1. The largest absolute Gasteiger partial charge is 0.490 e. The number of hydrogen-bond acceptors (Lipinski definition) is 9. The van der Waals surface area contributed by atoms with Gasteiger partial charge in [-0.25, -0.2) is 23.2 Å². The second-order valence-electron chi connectivity index (χ2n) is 8.68. The van der Waals surface area contributed by atoms with E-state index in [1.807, 2.05) is 0 Å². The van der Waals surface area contributed by atoms with Crippen LogP contribution < -0.4 is 20.9 Å². The van der Waals surface area contributed by atoms with Crippen molar-refractivity contribution in [2.75, 3.05) is 11.9 Å². The molecule has 1 unspecified atom stereocenters. The van der Waals surface area contributed by atoms with Gasteiger partial charge < -0.3 is 20.8 Å². The van der Waals surface area contributed by atoms with Gasteiger partial charge in [-0.3, -0.25) is 18.8 Å². The zero-order valence-electron chi connectivity index (χ0n) is 22.2. The number of hydrogen-bond donors (Lipinski definition) is 5. The molecule has 0 aliphatic rings. The van der Waals surface area contributed by atoms with Crippen molar-refractivity contribution in [3.8, 4) is 0 Å². The molecule has 0 saturated heterocycles. The fraction of sp³-hybridized carbons (Fsp3) is 0.154. The van der Waals surface area contributed by atoms with Gasteiger partial charge in [0.15, 0.2) is 0 Å². The third-order valence-electron chi connectivity index (χ3n) is 5.50. The number of carbonyl (C=O) groups is 3. The van der Waals surface area contributed by atoms with Crippen LogP contribution in [0.5, 0.6) is 0 Å². The van der Waals surface area contributed by atoms with Crippen molar-refractivity contribution in [2.24, 2.45) is 0 Å². The predicted molar refractivity (Wildman–Crippen MR) is 147 cm³/mol. The predicted octanol–water partition coefficient (Wildman–Crippen LogP) is 1.50. The number of sulfonamides is 1. The van der Waals surface area contributed by atoms with Crippen LogP contribution in [-0.4, -0.2) is 69.6 Å².